The highest BCUT2D eigenvalue weighted by Gasteiger charge is 2.17. The van der Waals surface area contributed by atoms with E-state index < -0.39 is 30.4 Å². The van der Waals surface area contributed by atoms with E-state index in [1.165, 1.54) is 48.5 Å². The lowest BCUT2D eigenvalue weighted by Crippen LogP contribution is -2.02. The maximum atomic E-state index is 11.3. The maximum Gasteiger partial charge on any atom is 0.295 e. The fraction of sp³-hybridized carbons (Fsp3) is 0.0370. The first-order valence-electron chi connectivity index (χ1n) is 12.2. The molecule has 0 bridgehead atoms. The minimum Gasteiger partial charge on any atom is -0.399 e. The van der Waals surface area contributed by atoms with E-state index in [-0.39, 0.29) is 14.7 Å². The maximum absolute atomic E-state index is 11.3. The van der Waals surface area contributed by atoms with Gasteiger partial charge in [-0.2, -0.15) is 25.3 Å². The standard InChI is InChI=1S/C11H12N2O3S.C10H10N2O3S.C6H7NO3S/c1-13-9-6-5-8(12)7-3-2-4-10(11(7)9)17(14,15)16;11-9-3-4-10(12)8-5-6(16(13,14)15)1-2-7(8)9;7-5-2-1-3-6(4-5)11(8,9)10/h2-6,13H,12H2,1H3,(H,14,15,16);1-5H,11-12H2,(H,13,14,15);1-4H,7H2,(H,8,9,10). The van der Waals surface area contributed by atoms with Crippen LogP contribution in [0.5, 0.6) is 0 Å². The summed E-state index contributed by atoms with van der Waals surface area (Å²) in [6.07, 6.45) is 0. The zero-order chi connectivity index (χ0) is 33.0. The molecule has 5 rings (SSSR count). The van der Waals surface area contributed by atoms with Gasteiger partial charge in [-0.15, -0.1) is 0 Å². The quantitative estimate of drug-likeness (QED) is 0.101. The number of anilines is 5. The van der Waals surface area contributed by atoms with Gasteiger partial charge in [-0.25, -0.2) is 0 Å². The van der Waals surface area contributed by atoms with Gasteiger partial charge in [0.15, 0.2) is 0 Å². The molecule has 14 nitrogen and oxygen atoms in total. The first-order valence-corrected chi connectivity index (χ1v) is 16.5. The average molecular weight is 664 g/mol. The highest BCUT2D eigenvalue weighted by Crippen LogP contribution is 2.33. The van der Waals surface area contributed by atoms with Crippen molar-refractivity contribution in [1.29, 1.82) is 0 Å². The Morgan fingerprint density at radius 1 is 0.545 bits per heavy atom. The molecule has 0 aliphatic heterocycles. The lowest BCUT2D eigenvalue weighted by atomic mass is 10.1. The van der Waals surface area contributed by atoms with Crippen LogP contribution in [0.2, 0.25) is 0 Å². The van der Waals surface area contributed by atoms with Gasteiger partial charge in [0.25, 0.3) is 30.4 Å². The molecule has 0 aliphatic carbocycles. The van der Waals surface area contributed by atoms with Crippen molar-refractivity contribution in [2.24, 2.45) is 0 Å². The fourth-order valence-electron chi connectivity index (χ4n) is 4.03. The molecule has 5 aromatic rings. The second kappa shape index (κ2) is 12.9. The van der Waals surface area contributed by atoms with E-state index in [0.717, 1.165) is 0 Å². The van der Waals surface area contributed by atoms with E-state index in [1.54, 1.807) is 43.4 Å². The predicted molar refractivity (Wildman–Crippen MR) is 171 cm³/mol. The van der Waals surface area contributed by atoms with Crippen LogP contribution in [-0.2, 0) is 30.4 Å². The molecule has 0 fully saturated rings. The normalized spacial score (nSPS) is 11.6. The van der Waals surface area contributed by atoms with Gasteiger partial charge in [-0.05, 0) is 60.7 Å². The number of nitrogens with two attached hydrogens (primary N) is 4. The zero-order valence-electron chi connectivity index (χ0n) is 22.9. The molecular formula is C27H29N5O9S3. The summed E-state index contributed by atoms with van der Waals surface area (Å²) in [6.45, 7) is 0. The summed E-state index contributed by atoms with van der Waals surface area (Å²) in [7, 11) is -10.9. The smallest absolute Gasteiger partial charge is 0.295 e. The van der Waals surface area contributed by atoms with Gasteiger partial charge < -0.3 is 28.3 Å². The molecule has 0 unspecified atom stereocenters. The van der Waals surface area contributed by atoms with E-state index in [9.17, 15) is 29.8 Å². The SMILES string of the molecule is CNc1ccc(N)c2cccc(S(=O)(=O)O)c12.Nc1ccc(N)c2cc(S(=O)(=O)O)ccc12.Nc1cccc(S(=O)(=O)O)c1. The second-order valence-corrected chi connectivity index (χ2v) is 13.3. The van der Waals surface area contributed by atoms with Crippen LogP contribution in [0, 0.1) is 0 Å². The Bertz CT molecular complexity index is 2190. The molecule has 5 aromatic carbocycles. The summed E-state index contributed by atoms with van der Waals surface area (Å²) in [5, 5.41) is 5.04. The highest BCUT2D eigenvalue weighted by molar-refractivity contribution is 7.86. The number of hydrogen-bond donors (Lipinski definition) is 8. The van der Waals surface area contributed by atoms with E-state index in [0.29, 0.717) is 50.0 Å². The summed E-state index contributed by atoms with van der Waals surface area (Å²) in [5.74, 6) is 0. The lowest BCUT2D eigenvalue weighted by Gasteiger charge is -2.11. The molecule has 44 heavy (non-hydrogen) atoms. The van der Waals surface area contributed by atoms with E-state index in [1.807, 2.05) is 0 Å². The largest absolute Gasteiger partial charge is 0.399 e. The van der Waals surface area contributed by atoms with Gasteiger partial charge in [-0.3, -0.25) is 13.7 Å². The summed E-state index contributed by atoms with van der Waals surface area (Å²) in [6, 6.07) is 20.7. The number of fused-ring (bicyclic) bond motifs is 2. The Kier molecular flexibility index (Phi) is 9.94. The molecule has 0 radical (unpaired) electrons. The van der Waals surface area contributed by atoms with Gasteiger partial charge in [0.1, 0.15) is 4.90 Å². The summed E-state index contributed by atoms with van der Waals surface area (Å²) in [4.78, 5) is -0.526. The van der Waals surface area contributed by atoms with E-state index in [4.69, 9.17) is 32.0 Å². The summed E-state index contributed by atoms with van der Waals surface area (Å²) < 4.78 is 92.1. The molecule has 0 amide bonds. The van der Waals surface area contributed by atoms with Crippen molar-refractivity contribution in [2.75, 3.05) is 35.3 Å². The third-order valence-corrected chi connectivity index (χ3v) is 8.69. The van der Waals surface area contributed by atoms with Crippen molar-refractivity contribution < 1.29 is 38.9 Å². The number of benzene rings is 5. The minimum atomic E-state index is -4.27. The van der Waals surface area contributed by atoms with E-state index in [2.05, 4.69) is 5.32 Å². The van der Waals surface area contributed by atoms with Crippen LogP contribution in [0.1, 0.15) is 0 Å². The summed E-state index contributed by atoms with van der Waals surface area (Å²) >= 11 is 0. The zero-order valence-corrected chi connectivity index (χ0v) is 25.4. The predicted octanol–water partition coefficient (Wildman–Crippen LogP) is 3.48. The third-order valence-electron chi connectivity index (χ3n) is 6.09. The average Bonchev–Trinajstić information content (AvgIpc) is 2.94. The molecule has 0 aromatic heterocycles. The molecule has 0 spiro atoms. The topological polar surface area (TPSA) is 279 Å². The first kappa shape index (κ1) is 33.8. The number of nitrogen functional groups attached to an aromatic ring is 4. The number of hydrogen-bond acceptors (Lipinski definition) is 11. The minimum absolute atomic E-state index is 0.147. The molecular weight excluding hydrogens is 635 g/mol. The van der Waals surface area contributed by atoms with Crippen molar-refractivity contribution in [3.63, 3.8) is 0 Å². The Hall–Kier alpha value is -4.65. The van der Waals surface area contributed by atoms with Crippen LogP contribution in [0.25, 0.3) is 21.5 Å². The second-order valence-electron chi connectivity index (χ2n) is 9.08. The van der Waals surface area contributed by atoms with Gasteiger partial charge >= 0.3 is 0 Å². The molecule has 0 atom stereocenters. The van der Waals surface area contributed by atoms with Crippen LogP contribution in [0.4, 0.5) is 28.4 Å². The molecule has 17 heteroatoms. The fourth-order valence-corrected chi connectivity index (χ4v) is 5.80. The molecule has 0 heterocycles. The van der Waals surface area contributed by atoms with Gasteiger partial charge in [0.2, 0.25) is 0 Å². The molecule has 234 valence electrons. The van der Waals surface area contributed by atoms with Crippen molar-refractivity contribution in [2.45, 2.75) is 14.7 Å². The Morgan fingerprint density at radius 2 is 1.07 bits per heavy atom. The molecule has 0 saturated carbocycles. The van der Waals surface area contributed by atoms with Crippen LogP contribution < -0.4 is 28.3 Å². The number of rotatable bonds is 4. The van der Waals surface area contributed by atoms with Crippen molar-refractivity contribution >= 4 is 80.3 Å². The first-order chi connectivity index (χ1) is 20.3. The van der Waals surface area contributed by atoms with Crippen LogP contribution in [-0.4, -0.2) is 46.0 Å². The van der Waals surface area contributed by atoms with Crippen LogP contribution >= 0.6 is 0 Å². The Morgan fingerprint density at radius 3 is 1.59 bits per heavy atom. The van der Waals surface area contributed by atoms with Gasteiger partial charge in [-0.1, -0.05) is 24.3 Å². The van der Waals surface area contributed by atoms with Crippen molar-refractivity contribution in [3.05, 3.63) is 84.9 Å². The number of nitrogens with one attached hydrogen (secondary N) is 1. The Labute approximate surface area is 253 Å². The van der Waals surface area contributed by atoms with Gasteiger partial charge in [0.05, 0.1) is 9.79 Å². The monoisotopic (exact) mass is 663 g/mol. The van der Waals surface area contributed by atoms with Crippen LogP contribution in [0.15, 0.2) is 99.6 Å². The molecule has 0 saturated heterocycles. The molecule has 0 aliphatic rings. The van der Waals surface area contributed by atoms with Crippen molar-refractivity contribution in [1.82, 2.24) is 0 Å². The highest BCUT2D eigenvalue weighted by atomic mass is 32.2. The lowest BCUT2D eigenvalue weighted by molar-refractivity contribution is 0.481. The Balaban J connectivity index is 0.000000185. The van der Waals surface area contributed by atoms with Crippen LogP contribution in [0.3, 0.4) is 0 Å². The van der Waals surface area contributed by atoms with Crippen molar-refractivity contribution in [3.8, 4) is 0 Å². The van der Waals surface area contributed by atoms with Gasteiger partial charge in [0, 0.05) is 57.0 Å². The van der Waals surface area contributed by atoms with E-state index >= 15 is 0 Å². The summed E-state index contributed by atoms with van der Waals surface area (Å²) in [5.41, 5.74) is 24.8. The molecule has 12 N–H and O–H groups in total. The third kappa shape index (κ3) is 8.04.